The van der Waals surface area contributed by atoms with Crippen LogP contribution in [0.3, 0.4) is 0 Å². The first kappa shape index (κ1) is 19.9. The van der Waals surface area contributed by atoms with Gasteiger partial charge in [0.05, 0.1) is 12.1 Å². The Labute approximate surface area is 192 Å². The molecule has 8 heteroatoms. The van der Waals surface area contributed by atoms with Crippen LogP contribution in [0.1, 0.15) is 31.8 Å². The van der Waals surface area contributed by atoms with E-state index in [0.29, 0.717) is 11.3 Å². The average Bonchev–Trinajstić information content (AvgIpc) is 3.30. The summed E-state index contributed by atoms with van der Waals surface area (Å²) in [6.45, 7) is 0.0983. The third-order valence-corrected chi connectivity index (χ3v) is 6.18. The highest BCUT2D eigenvalue weighted by Gasteiger charge is 2.63. The van der Waals surface area contributed by atoms with Crippen LogP contribution in [0.25, 0.3) is 0 Å². The van der Waals surface area contributed by atoms with Crippen LogP contribution in [0.4, 0.5) is 11.5 Å². The van der Waals surface area contributed by atoms with E-state index in [1.807, 2.05) is 30.3 Å². The quantitative estimate of drug-likeness (QED) is 0.481. The molecule has 0 saturated carbocycles. The van der Waals surface area contributed by atoms with E-state index in [1.165, 1.54) is 9.47 Å². The number of aromatic nitrogens is 2. The van der Waals surface area contributed by atoms with E-state index < -0.39 is 28.7 Å². The summed E-state index contributed by atoms with van der Waals surface area (Å²) < 4.78 is 7.15. The zero-order chi connectivity index (χ0) is 23.4. The highest BCUT2D eigenvalue weighted by Crippen LogP contribution is 2.52. The summed E-state index contributed by atoms with van der Waals surface area (Å²) >= 11 is 0. The highest BCUT2D eigenvalue weighted by atomic mass is 16.6. The average molecular weight is 451 g/mol. The second kappa shape index (κ2) is 7.14. The van der Waals surface area contributed by atoms with Gasteiger partial charge in [-0.25, -0.2) is 9.59 Å². The van der Waals surface area contributed by atoms with Crippen molar-refractivity contribution in [1.82, 2.24) is 9.55 Å². The molecular formula is C26H17N3O5. The second-order valence-corrected chi connectivity index (χ2v) is 8.11. The predicted octanol–water partition coefficient (Wildman–Crippen LogP) is 2.94. The van der Waals surface area contributed by atoms with Crippen LogP contribution in [-0.4, -0.2) is 21.3 Å². The number of hydrogen-bond acceptors (Lipinski definition) is 6. The van der Waals surface area contributed by atoms with E-state index in [9.17, 15) is 19.2 Å². The van der Waals surface area contributed by atoms with Gasteiger partial charge in [-0.15, -0.1) is 0 Å². The molecule has 2 aliphatic heterocycles. The molecule has 1 aromatic heterocycles. The Hall–Kier alpha value is -4.72. The van der Waals surface area contributed by atoms with Crippen molar-refractivity contribution >= 4 is 23.3 Å². The molecule has 1 spiro atoms. The molecule has 2 aliphatic rings. The molecule has 0 saturated heterocycles. The van der Waals surface area contributed by atoms with Gasteiger partial charge in [-0.1, -0.05) is 66.7 Å². The Kier molecular flexibility index (Phi) is 4.19. The smallest absolute Gasteiger partial charge is 0.341 e. The number of ketones is 1. The van der Waals surface area contributed by atoms with Gasteiger partial charge in [0, 0.05) is 11.3 Å². The lowest BCUT2D eigenvalue weighted by Gasteiger charge is -2.35. The fourth-order valence-corrected chi connectivity index (χ4v) is 4.75. The molecule has 0 amide bonds. The van der Waals surface area contributed by atoms with Crippen molar-refractivity contribution in [2.45, 2.75) is 12.3 Å². The van der Waals surface area contributed by atoms with Gasteiger partial charge in [-0.05, 0) is 23.8 Å². The third kappa shape index (κ3) is 2.59. The summed E-state index contributed by atoms with van der Waals surface area (Å²) in [7, 11) is 0. The predicted molar refractivity (Wildman–Crippen MR) is 123 cm³/mol. The number of aromatic amines is 1. The first-order valence-electron chi connectivity index (χ1n) is 10.7. The van der Waals surface area contributed by atoms with Crippen LogP contribution >= 0.6 is 0 Å². The number of Topliss-reactive ketones (excluding diaryl/α,β-unsaturated/α-hetero) is 1. The van der Waals surface area contributed by atoms with Crippen molar-refractivity contribution in [3.63, 3.8) is 0 Å². The van der Waals surface area contributed by atoms with E-state index in [-0.39, 0.29) is 23.5 Å². The van der Waals surface area contributed by atoms with Crippen LogP contribution in [0.2, 0.25) is 0 Å². The Bertz CT molecular complexity index is 1590. The van der Waals surface area contributed by atoms with Crippen LogP contribution in [0, 0.1) is 0 Å². The zero-order valence-electron chi connectivity index (χ0n) is 17.7. The molecule has 34 heavy (non-hydrogen) atoms. The Morgan fingerprint density at radius 3 is 2.18 bits per heavy atom. The summed E-state index contributed by atoms with van der Waals surface area (Å²) in [5, 5.41) is 0. The number of hydrogen-bond donors (Lipinski definition) is 1. The maximum atomic E-state index is 14.0. The van der Waals surface area contributed by atoms with Crippen molar-refractivity contribution in [2.24, 2.45) is 0 Å². The van der Waals surface area contributed by atoms with Gasteiger partial charge in [0.2, 0.25) is 5.78 Å². The van der Waals surface area contributed by atoms with Crippen molar-refractivity contribution in [1.29, 1.82) is 0 Å². The zero-order valence-corrected chi connectivity index (χ0v) is 17.7. The first-order valence-corrected chi connectivity index (χ1v) is 10.7. The fraction of sp³-hybridized carbons (Fsp3) is 0.0769. The third-order valence-electron chi connectivity index (χ3n) is 6.18. The van der Waals surface area contributed by atoms with Crippen LogP contribution in [-0.2, 0) is 17.0 Å². The standard InChI is InChI=1S/C26H17N3O5/c30-21-20-22(31)27-25(33)28(15-16-9-3-1-4-10-16)23(20)29(17-11-5-2-6-12-17)26(21)19-14-8-7-13-18(19)24(32)34-26/h1-14H,15H2,(H,27,31,33). The molecule has 8 nitrogen and oxygen atoms in total. The second-order valence-electron chi connectivity index (χ2n) is 8.11. The van der Waals surface area contributed by atoms with Crippen molar-refractivity contribution in [2.75, 3.05) is 4.90 Å². The molecule has 6 rings (SSSR count). The van der Waals surface area contributed by atoms with E-state index in [2.05, 4.69) is 4.98 Å². The number of carbonyl (C=O) groups is 2. The Morgan fingerprint density at radius 1 is 0.794 bits per heavy atom. The van der Waals surface area contributed by atoms with E-state index >= 15 is 0 Å². The minimum absolute atomic E-state index is 0.0818. The number of esters is 1. The first-order chi connectivity index (χ1) is 16.5. The van der Waals surface area contributed by atoms with Gasteiger partial charge >= 0.3 is 11.7 Å². The monoisotopic (exact) mass is 451 g/mol. The van der Waals surface area contributed by atoms with E-state index in [4.69, 9.17) is 4.74 Å². The number of para-hydroxylation sites is 1. The van der Waals surface area contributed by atoms with Crippen LogP contribution < -0.4 is 16.1 Å². The molecular weight excluding hydrogens is 434 g/mol. The van der Waals surface area contributed by atoms with Gasteiger partial charge < -0.3 is 4.74 Å². The van der Waals surface area contributed by atoms with Crippen LogP contribution in [0.15, 0.2) is 94.5 Å². The van der Waals surface area contributed by atoms with Gasteiger partial charge in [-0.2, -0.15) is 0 Å². The number of nitrogens with zero attached hydrogens (tertiary/aromatic N) is 2. The number of H-pyrrole nitrogens is 1. The molecule has 0 bridgehead atoms. The molecule has 4 aromatic rings. The van der Waals surface area contributed by atoms with Crippen molar-refractivity contribution in [3.05, 3.63) is 128 Å². The van der Waals surface area contributed by atoms with Gasteiger partial charge in [0.25, 0.3) is 11.3 Å². The molecule has 1 atom stereocenters. The number of fused-ring (bicyclic) bond motifs is 3. The molecule has 0 radical (unpaired) electrons. The number of ether oxygens (including phenoxy) is 1. The lowest BCUT2D eigenvalue weighted by molar-refractivity contribution is 0.00374. The SMILES string of the molecule is O=C1OC2(C(=O)c3c(n(Cc4ccccc4)c(=O)[nH]c3=O)N2c2ccccc2)c2ccccc21. The highest BCUT2D eigenvalue weighted by molar-refractivity contribution is 6.18. The molecule has 1 unspecified atom stereocenters. The summed E-state index contributed by atoms with van der Waals surface area (Å²) in [5.41, 5.74) is -1.82. The number of carbonyl (C=O) groups excluding carboxylic acids is 2. The largest absolute Gasteiger partial charge is 0.422 e. The fourth-order valence-electron chi connectivity index (χ4n) is 4.75. The van der Waals surface area contributed by atoms with Crippen molar-refractivity contribution in [3.8, 4) is 0 Å². The number of anilines is 2. The molecule has 0 aliphatic carbocycles. The molecule has 1 N–H and O–H groups in total. The molecule has 3 heterocycles. The van der Waals surface area contributed by atoms with E-state index in [1.54, 1.807) is 54.6 Å². The van der Waals surface area contributed by atoms with Gasteiger partial charge in [-0.3, -0.25) is 24.0 Å². The summed E-state index contributed by atoms with van der Waals surface area (Å²) in [6.07, 6.45) is 0. The Balaban J connectivity index is 1.70. The summed E-state index contributed by atoms with van der Waals surface area (Å²) in [5.74, 6) is -1.29. The maximum Gasteiger partial charge on any atom is 0.341 e. The molecule has 166 valence electrons. The lowest BCUT2D eigenvalue weighted by atomic mass is 9.95. The summed E-state index contributed by atoms with van der Waals surface area (Å²) in [6, 6.07) is 24.6. The molecule has 0 fully saturated rings. The number of benzene rings is 3. The topological polar surface area (TPSA) is 101 Å². The van der Waals surface area contributed by atoms with Gasteiger partial charge in [0.1, 0.15) is 11.4 Å². The minimum atomic E-state index is -1.93. The lowest BCUT2D eigenvalue weighted by Crippen LogP contribution is -2.46. The maximum absolute atomic E-state index is 14.0. The van der Waals surface area contributed by atoms with Crippen molar-refractivity contribution < 1.29 is 14.3 Å². The number of rotatable bonds is 3. The molecule has 3 aromatic carbocycles. The van der Waals surface area contributed by atoms with Crippen LogP contribution in [0.5, 0.6) is 0 Å². The van der Waals surface area contributed by atoms with E-state index in [0.717, 1.165) is 5.56 Å². The van der Waals surface area contributed by atoms with Gasteiger partial charge in [0.15, 0.2) is 0 Å². The Morgan fingerprint density at radius 2 is 1.44 bits per heavy atom. The minimum Gasteiger partial charge on any atom is -0.422 e. The number of nitrogens with one attached hydrogen (secondary N) is 1. The normalized spacial score (nSPS) is 18.2. The summed E-state index contributed by atoms with van der Waals surface area (Å²) in [4.78, 5) is 56.7.